The van der Waals surface area contributed by atoms with Gasteiger partial charge in [0.25, 0.3) is 0 Å². The van der Waals surface area contributed by atoms with E-state index in [9.17, 15) is 9.90 Å². The number of hydrogen-bond acceptors (Lipinski definition) is 3. The predicted molar refractivity (Wildman–Crippen MR) is 73.9 cm³/mol. The topological polar surface area (TPSA) is 49.8 Å². The minimum absolute atomic E-state index is 0.0662. The number of carbonyl (C=O) groups is 1. The summed E-state index contributed by atoms with van der Waals surface area (Å²) in [5, 5.41) is 10.3. The van der Waals surface area contributed by atoms with Crippen molar-refractivity contribution in [2.45, 2.75) is 71.0 Å². The molecule has 1 heterocycles. The molecule has 0 bridgehead atoms. The second-order valence-corrected chi connectivity index (χ2v) is 7.09. The molecule has 2 aliphatic rings. The number of piperidine rings is 1. The summed E-state index contributed by atoms with van der Waals surface area (Å²) in [6.45, 7) is 7.10. The first kappa shape index (κ1) is 14.6. The molecule has 2 rings (SSSR count). The fourth-order valence-electron chi connectivity index (χ4n) is 3.33. The minimum Gasteiger partial charge on any atom is -0.444 e. The zero-order valence-electron chi connectivity index (χ0n) is 12.4. The van der Waals surface area contributed by atoms with Gasteiger partial charge >= 0.3 is 6.09 Å². The standard InChI is InChI=1S/C15H27NO3/c1-14(2,3)19-13(18)16-10-8-15(9-11-16)7-5-4-6-12(15)17/h12,17H,4-11H2,1-3H3. The van der Waals surface area contributed by atoms with E-state index < -0.39 is 5.60 Å². The summed E-state index contributed by atoms with van der Waals surface area (Å²) in [5.74, 6) is 0. The lowest BCUT2D eigenvalue weighted by Crippen LogP contribution is -2.50. The Morgan fingerprint density at radius 2 is 1.84 bits per heavy atom. The predicted octanol–water partition coefficient (Wildman–Crippen LogP) is 2.94. The quantitative estimate of drug-likeness (QED) is 0.735. The van der Waals surface area contributed by atoms with Crippen LogP contribution in [0.5, 0.6) is 0 Å². The molecule has 4 nitrogen and oxygen atoms in total. The number of likely N-dealkylation sites (tertiary alicyclic amines) is 1. The van der Waals surface area contributed by atoms with Crippen molar-refractivity contribution in [1.29, 1.82) is 0 Å². The highest BCUT2D eigenvalue weighted by molar-refractivity contribution is 5.68. The maximum atomic E-state index is 12.0. The van der Waals surface area contributed by atoms with Crippen molar-refractivity contribution < 1.29 is 14.6 Å². The second kappa shape index (κ2) is 5.31. The number of nitrogens with zero attached hydrogens (tertiary/aromatic N) is 1. The van der Waals surface area contributed by atoms with Gasteiger partial charge in [0.15, 0.2) is 0 Å². The normalized spacial score (nSPS) is 27.4. The summed E-state index contributed by atoms with van der Waals surface area (Å²) in [7, 11) is 0. The number of aliphatic hydroxyl groups excluding tert-OH is 1. The van der Waals surface area contributed by atoms with Crippen LogP contribution in [-0.4, -0.2) is 40.9 Å². The maximum absolute atomic E-state index is 12.0. The van der Waals surface area contributed by atoms with Crippen LogP contribution in [0.4, 0.5) is 4.79 Å². The van der Waals surface area contributed by atoms with Gasteiger partial charge in [-0.1, -0.05) is 12.8 Å². The highest BCUT2D eigenvalue weighted by Crippen LogP contribution is 2.44. The van der Waals surface area contributed by atoms with Crippen molar-refractivity contribution in [3.05, 3.63) is 0 Å². The Bertz CT molecular complexity index is 327. The van der Waals surface area contributed by atoms with E-state index in [1.807, 2.05) is 20.8 Å². The molecule has 19 heavy (non-hydrogen) atoms. The molecule has 1 amide bonds. The van der Waals surface area contributed by atoms with Crippen molar-refractivity contribution in [2.75, 3.05) is 13.1 Å². The lowest BCUT2D eigenvalue weighted by Gasteiger charge is -2.47. The highest BCUT2D eigenvalue weighted by atomic mass is 16.6. The average Bonchev–Trinajstić information content (AvgIpc) is 2.32. The molecule has 1 N–H and O–H groups in total. The third kappa shape index (κ3) is 3.41. The maximum Gasteiger partial charge on any atom is 0.410 e. The van der Waals surface area contributed by atoms with Crippen LogP contribution in [-0.2, 0) is 4.74 Å². The van der Waals surface area contributed by atoms with Crippen molar-refractivity contribution in [3.63, 3.8) is 0 Å². The monoisotopic (exact) mass is 269 g/mol. The lowest BCUT2D eigenvalue weighted by atomic mass is 9.66. The van der Waals surface area contributed by atoms with Gasteiger partial charge in [-0.25, -0.2) is 4.79 Å². The Labute approximate surface area is 116 Å². The SMILES string of the molecule is CC(C)(C)OC(=O)N1CCC2(CCCCC2O)CC1. The molecular formula is C15H27NO3. The third-order valence-electron chi connectivity index (χ3n) is 4.52. The number of rotatable bonds is 0. The van der Waals surface area contributed by atoms with Gasteiger partial charge in [-0.2, -0.15) is 0 Å². The Hall–Kier alpha value is -0.770. The van der Waals surface area contributed by atoms with Crippen LogP contribution in [0.25, 0.3) is 0 Å². The Balaban J connectivity index is 1.90. The number of hydrogen-bond donors (Lipinski definition) is 1. The van der Waals surface area contributed by atoms with E-state index in [1.54, 1.807) is 4.90 Å². The van der Waals surface area contributed by atoms with Crippen LogP contribution in [0.3, 0.4) is 0 Å². The van der Waals surface area contributed by atoms with Gasteiger partial charge in [0, 0.05) is 13.1 Å². The molecule has 110 valence electrons. The molecule has 0 radical (unpaired) electrons. The number of amides is 1. The summed E-state index contributed by atoms with van der Waals surface area (Å²) in [4.78, 5) is 13.8. The van der Waals surface area contributed by atoms with Crippen LogP contribution in [0, 0.1) is 5.41 Å². The molecule has 1 unspecified atom stereocenters. The Morgan fingerprint density at radius 1 is 1.21 bits per heavy atom. The highest BCUT2D eigenvalue weighted by Gasteiger charge is 2.43. The van der Waals surface area contributed by atoms with Crippen LogP contribution in [0.15, 0.2) is 0 Å². The zero-order chi connectivity index (χ0) is 14.1. The summed E-state index contributed by atoms with van der Waals surface area (Å²) in [6, 6.07) is 0. The van der Waals surface area contributed by atoms with Gasteiger partial charge in [-0.15, -0.1) is 0 Å². The van der Waals surface area contributed by atoms with E-state index in [-0.39, 0.29) is 17.6 Å². The van der Waals surface area contributed by atoms with Gasteiger partial charge in [0.1, 0.15) is 5.60 Å². The first-order chi connectivity index (χ1) is 8.82. The molecule has 2 fully saturated rings. The molecule has 0 aromatic carbocycles. The van der Waals surface area contributed by atoms with Gasteiger partial charge in [-0.3, -0.25) is 0 Å². The van der Waals surface area contributed by atoms with E-state index in [4.69, 9.17) is 4.74 Å². The number of ether oxygens (including phenoxy) is 1. The molecule has 1 atom stereocenters. The third-order valence-corrected chi connectivity index (χ3v) is 4.52. The lowest BCUT2D eigenvalue weighted by molar-refractivity contribution is -0.0562. The Kier molecular flexibility index (Phi) is 4.09. The Morgan fingerprint density at radius 3 is 2.37 bits per heavy atom. The first-order valence-electron chi connectivity index (χ1n) is 7.48. The summed E-state index contributed by atoms with van der Waals surface area (Å²) >= 11 is 0. The summed E-state index contributed by atoms with van der Waals surface area (Å²) in [6.07, 6.45) is 5.81. The second-order valence-electron chi connectivity index (χ2n) is 7.09. The van der Waals surface area contributed by atoms with E-state index in [0.29, 0.717) is 13.1 Å². The molecule has 1 saturated heterocycles. The largest absolute Gasteiger partial charge is 0.444 e. The van der Waals surface area contributed by atoms with E-state index in [2.05, 4.69) is 0 Å². The van der Waals surface area contributed by atoms with Gasteiger partial charge in [0.2, 0.25) is 0 Å². The van der Waals surface area contributed by atoms with E-state index >= 15 is 0 Å². The van der Waals surface area contributed by atoms with E-state index in [1.165, 1.54) is 6.42 Å². The molecule has 1 aliphatic heterocycles. The number of aliphatic hydroxyl groups is 1. The van der Waals surface area contributed by atoms with Crippen molar-refractivity contribution >= 4 is 6.09 Å². The van der Waals surface area contributed by atoms with Gasteiger partial charge < -0.3 is 14.7 Å². The fourth-order valence-corrected chi connectivity index (χ4v) is 3.33. The molecule has 0 aromatic rings. The molecule has 4 heteroatoms. The first-order valence-corrected chi connectivity index (χ1v) is 7.48. The molecule has 1 aliphatic carbocycles. The van der Waals surface area contributed by atoms with Crippen molar-refractivity contribution in [3.8, 4) is 0 Å². The van der Waals surface area contributed by atoms with Gasteiger partial charge in [0.05, 0.1) is 6.10 Å². The van der Waals surface area contributed by atoms with E-state index in [0.717, 1.165) is 32.1 Å². The van der Waals surface area contributed by atoms with Crippen molar-refractivity contribution in [1.82, 2.24) is 4.90 Å². The van der Waals surface area contributed by atoms with Crippen LogP contribution >= 0.6 is 0 Å². The zero-order valence-corrected chi connectivity index (χ0v) is 12.4. The van der Waals surface area contributed by atoms with Gasteiger partial charge in [-0.05, 0) is 51.9 Å². The van der Waals surface area contributed by atoms with Crippen LogP contribution in [0.1, 0.15) is 59.3 Å². The van der Waals surface area contributed by atoms with Crippen molar-refractivity contribution in [2.24, 2.45) is 5.41 Å². The van der Waals surface area contributed by atoms with Crippen LogP contribution in [0.2, 0.25) is 0 Å². The summed E-state index contributed by atoms with van der Waals surface area (Å²) in [5.41, 5.74) is -0.368. The fraction of sp³-hybridized carbons (Fsp3) is 0.933. The molecular weight excluding hydrogens is 242 g/mol. The molecule has 1 saturated carbocycles. The van der Waals surface area contributed by atoms with Crippen LogP contribution < -0.4 is 0 Å². The number of carbonyl (C=O) groups excluding carboxylic acids is 1. The molecule has 1 spiro atoms. The molecule has 0 aromatic heterocycles. The summed E-state index contributed by atoms with van der Waals surface area (Å²) < 4.78 is 5.40. The smallest absolute Gasteiger partial charge is 0.410 e. The minimum atomic E-state index is -0.434. The average molecular weight is 269 g/mol.